The van der Waals surface area contributed by atoms with E-state index in [1.807, 2.05) is 6.92 Å². The Morgan fingerprint density at radius 3 is 3.06 bits per heavy atom. The third-order valence-corrected chi connectivity index (χ3v) is 2.62. The Balaban J connectivity index is 2.04. The van der Waals surface area contributed by atoms with E-state index < -0.39 is 5.97 Å². The molecule has 7 nitrogen and oxygen atoms in total. The Morgan fingerprint density at radius 1 is 1.62 bits per heavy atom. The average molecular weight is 226 g/mol. The van der Waals surface area contributed by atoms with Gasteiger partial charge in [-0.15, -0.1) is 5.10 Å². The van der Waals surface area contributed by atoms with Crippen LogP contribution in [-0.4, -0.2) is 37.4 Å². The van der Waals surface area contributed by atoms with E-state index in [9.17, 15) is 4.79 Å². The van der Waals surface area contributed by atoms with Crippen molar-refractivity contribution in [1.29, 1.82) is 0 Å². The summed E-state index contributed by atoms with van der Waals surface area (Å²) in [6.45, 7) is 2.29. The number of aliphatic carboxylic acids is 1. The zero-order valence-corrected chi connectivity index (χ0v) is 9.04. The number of carboxylic acids is 1. The number of aryl methyl sites for hydroxylation is 1. The minimum absolute atomic E-state index is 0.0142. The number of carbonyl (C=O) groups is 1. The van der Waals surface area contributed by atoms with Crippen LogP contribution in [0.5, 0.6) is 0 Å². The number of carboxylic acid groups (broad SMARTS) is 1. The molecule has 7 heteroatoms. The van der Waals surface area contributed by atoms with Crippen LogP contribution >= 0.6 is 0 Å². The van der Waals surface area contributed by atoms with Gasteiger partial charge in [-0.25, -0.2) is 4.68 Å². The molecule has 0 aromatic carbocycles. The van der Waals surface area contributed by atoms with Gasteiger partial charge in [-0.05, 0) is 30.2 Å². The molecule has 0 aliphatic carbocycles. The van der Waals surface area contributed by atoms with Gasteiger partial charge in [0, 0.05) is 0 Å². The predicted octanol–water partition coefficient (Wildman–Crippen LogP) is 0.388. The fraction of sp³-hybridized carbons (Fsp3) is 0.778. The third kappa shape index (κ3) is 2.35. The predicted molar refractivity (Wildman–Crippen MR) is 52.6 cm³/mol. The molecule has 0 saturated carbocycles. The Kier molecular flexibility index (Phi) is 3.14. The van der Waals surface area contributed by atoms with Gasteiger partial charge in [0.25, 0.3) is 0 Å². The highest BCUT2D eigenvalue weighted by molar-refractivity contribution is 5.66. The van der Waals surface area contributed by atoms with Crippen molar-refractivity contribution in [2.75, 3.05) is 0 Å². The molecule has 1 aromatic rings. The lowest BCUT2D eigenvalue weighted by Gasteiger charge is -2.10. The average Bonchev–Trinajstić information content (AvgIpc) is 2.82. The van der Waals surface area contributed by atoms with Crippen LogP contribution in [0.1, 0.15) is 38.1 Å². The molecular formula is C9H14N4O3. The maximum Gasteiger partial charge on any atom is 0.305 e. The van der Waals surface area contributed by atoms with Crippen molar-refractivity contribution in [2.24, 2.45) is 0 Å². The molecule has 1 N–H and O–H groups in total. The fourth-order valence-corrected chi connectivity index (χ4v) is 1.80. The minimum atomic E-state index is -0.859. The summed E-state index contributed by atoms with van der Waals surface area (Å²) in [5.41, 5.74) is 0. The van der Waals surface area contributed by atoms with E-state index in [0.717, 1.165) is 12.8 Å². The first-order valence-electron chi connectivity index (χ1n) is 5.30. The summed E-state index contributed by atoms with van der Waals surface area (Å²) >= 11 is 0. The van der Waals surface area contributed by atoms with E-state index in [4.69, 9.17) is 9.84 Å². The second-order valence-electron chi connectivity index (χ2n) is 3.92. The first kappa shape index (κ1) is 11.0. The molecular weight excluding hydrogens is 212 g/mol. The van der Waals surface area contributed by atoms with Crippen molar-refractivity contribution in [1.82, 2.24) is 20.2 Å². The van der Waals surface area contributed by atoms with Crippen LogP contribution in [0.25, 0.3) is 0 Å². The van der Waals surface area contributed by atoms with E-state index >= 15 is 0 Å². The molecule has 2 rings (SSSR count). The maximum absolute atomic E-state index is 10.5. The summed E-state index contributed by atoms with van der Waals surface area (Å²) in [6, 6.07) is 0. The molecule has 0 amide bonds. The molecule has 2 atom stereocenters. The van der Waals surface area contributed by atoms with E-state index in [1.54, 1.807) is 0 Å². The van der Waals surface area contributed by atoms with Gasteiger partial charge in [0.1, 0.15) is 6.10 Å². The summed E-state index contributed by atoms with van der Waals surface area (Å²) < 4.78 is 7.15. The normalized spacial score (nSPS) is 24.8. The molecule has 1 fully saturated rings. The number of aromatic nitrogens is 4. The quantitative estimate of drug-likeness (QED) is 0.798. The molecule has 2 heterocycles. The highest BCUT2D eigenvalue weighted by atomic mass is 16.5. The van der Waals surface area contributed by atoms with Crippen LogP contribution in [0.15, 0.2) is 0 Å². The van der Waals surface area contributed by atoms with Crippen LogP contribution in [0.3, 0.4) is 0 Å². The number of tetrazole rings is 1. The molecule has 88 valence electrons. The lowest BCUT2D eigenvalue weighted by atomic mass is 10.2. The number of hydrogen-bond acceptors (Lipinski definition) is 5. The van der Waals surface area contributed by atoms with Crippen molar-refractivity contribution >= 4 is 5.97 Å². The van der Waals surface area contributed by atoms with E-state index in [-0.39, 0.29) is 25.2 Å². The summed E-state index contributed by atoms with van der Waals surface area (Å²) in [7, 11) is 0. The van der Waals surface area contributed by atoms with Crippen molar-refractivity contribution in [3.63, 3.8) is 0 Å². The highest BCUT2D eigenvalue weighted by Gasteiger charge is 2.28. The van der Waals surface area contributed by atoms with Gasteiger partial charge in [-0.1, -0.05) is 0 Å². The molecule has 2 unspecified atom stereocenters. The van der Waals surface area contributed by atoms with E-state index in [0.29, 0.717) is 5.82 Å². The number of ether oxygens (including phenoxy) is 1. The lowest BCUT2D eigenvalue weighted by Crippen LogP contribution is -2.13. The van der Waals surface area contributed by atoms with Crippen LogP contribution < -0.4 is 0 Å². The van der Waals surface area contributed by atoms with Gasteiger partial charge in [0.15, 0.2) is 5.82 Å². The van der Waals surface area contributed by atoms with E-state index in [1.165, 1.54) is 4.68 Å². The lowest BCUT2D eigenvalue weighted by molar-refractivity contribution is -0.137. The van der Waals surface area contributed by atoms with Crippen molar-refractivity contribution in [3.05, 3.63) is 5.82 Å². The van der Waals surface area contributed by atoms with Gasteiger partial charge >= 0.3 is 5.97 Å². The number of rotatable bonds is 4. The first-order chi connectivity index (χ1) is 7.66. The topological polar surface area (TPSA) is 90.1 Å². The smallest absolute Gasteiger partial charge is 0.305 e. The Morgan fingerprint density at radius 2 is 2.44 bits per heavy atom. The SMILES string of the molecule is CC1CCC(c2nnnn2CCC(=O)O)O1. The van der Waals surface area contributed by atoms with Crippen molar-refractivity contribution < 1.29 is 14.6 Å². The number of hydrogen-bond donors (Lipinski definition) is 1. The van der Waals surface area contributed by atoms with Crippen LogP contribution in [0.2, 0.25) is 0 Å². The Labute approximate surface area is 92.4 Å². The summed E-state index contributed by atoms with van der Waals surface area (Å²) in [4.78, 5) is 10.5. The molecule has 0 radical (unpaired) electrons. The van der Waals surface area contributed by atoms with Gasteiger partial charge in [-0.3, -0.25) is 4.79 Å². The van der Waals surface area contributed by atoms with Crippen molar-refractivity contribution in [2.45, 2.75) is 44.9 Å². The number of nitrogens with zero attached hydrogens (tertiary/aromatic N) is 4. The van der Waals surface area contributed by atoms with Crippen LogP contribution in [0, 0.1) is 0 Å². The summed E-state index contributed by atoms with van der Waals surface area (Å²) in [5.74, 6) is -0.229. The molecule has 1 aromatic heterocycles. The van der Waals surface area contributed by atoms with Gasteiger partial charge in [-0.2, -0.15) is 0 Å². The largest absolute Gasteiger partial charge is 0.481 e. The fourth-order valence-electron chi connectivity index (χ4n) is 1.80. The third-order valence-electron chi connectivity index (χ3n) is 2.62. The molecule has 0 spiro atoms. The summed E-state index contributed by atoms with van der Waals surface area (Å²) in [6.07, 6.45) is 2.00. The van der Waals surface area contributed by atoms with E-state index in [2.05, 4.69) is 15.5 Å². The van der Waals surface area contributed by atoms with Gasteiger partial charge < -0.3 is 9.84 Å². The van der Waals surface area contributed by atoms with Gasteiger partial charge in [0.05, 0.1) is 19.1 Å². The van der Waals surface area contributed by atoms with Crippen LogP contribution in [0.4, 0.5) is 0 Å². The highest BCUT2D eigenvalue weighted by Crippen LogP contribution is 2.30. The van der Waals surface area contributed by atoms with Gasteiger partial charge in [0.2, 0.25) is 0 Å². The standard InChI is InChI=1S/C9H14N4O3/c1-6-2-3-7(16-6)9-10-11-12-13(9)5-4-8(14)15/h6-7H,2-5H2,1H3,(H,14,15). The minimum Gasteiger partial charge on any atom is -0.481 e. The summed E-state index contributed by atoms with van der Waals surface area (Å²) in [5, 5.41) is 19.8. The first-order valence-corrected chi connectivity index (χ1v) is 5.30. The molecule has 1 saturated heterocycles. The molecule has 16 heavy (non-hydrogen) atoms. The van der Waals surface area contributed by atoms with Crippen molar-refractivity contribution in [3.8, 4) is 0 Å². The molecule has 1 aliphatic rings. The molecule has 0 bridgehead atoms. The second-order valence-corrected chi connectivity index (χ2v) is 3.92. The Bertz CT molecular complexity index is 379. The zero-order valence-electron chi connectivity index (χ0n) is 9.04. The van der Waals surface area contributed by atoms with Crippen LogP contribution in [-0.2, 0) is 16.1 Å². The second kappa shape index (κ2) is 4.56. The maximum atomic E-state index is 10.5. The molecule has 1 aliphatic heterocycles. The Hall–Kier alpha value is -1.50. The zero-order chi connectivity index (χ0) is 11.5. The monoisotopic (exact) mass is 226 g/mol.